The number of rotatable bonds is 3. The fourth-order valence-corrected chi connectivity index (χ4v) is 2.62. The number of methoxy groups -OCH3 is 1. The lowest BCUT2D eigenvalue weighted by Crippen LogP contribution is -2.41. The number of sulfonamides is 1. The molecule has 0 fully saturated rings. The van der Waals surface area contributed by atoms with E-state index in [1.54, 1.807) is 20.9 Å². The molecule has 0 aliphatic carbocycles. The summed E-state index contributed by atoms with van der Waals surface area (Å²) in [7, 11) is -1.09. The molecule has 8 nitrogen and oxygen atoms in total. The number of aryl methyl sites for hydroxylation is 2. The van der Waals surface area contributed by atoms with Crippen LogP contribution in [0.4, 0.5) is 4.79 Å². The quantitative estimate of drug-likeness (QED) is 0.721. The summed E-state index contributed by atoms with van der Waals surface area (Å²) in [6.45, 7) is 3.19. The van der Waals surface area contributed by atoms with Gasteiger partial charge in [-0.25, -0.2) is 18.6 Å². The van der Waals surface area contributed by atoms with Crippen LogP contribution < -0.4 is 10.3 Å². The molecule has 0 unspecified atom stereocenters. The lowest BCUT2D eigenvalue weighted by molar-refractivity contribution is 0.169. The third kappa shape index (κ3) is 2.74. The molecule has 1 heterocycles. The Morgan fingerprint density at radius 2 is 2.00 bits per heavy atom. The number of amides is 1. The maximum atomic E-state index is 11.9. The number of hydrogen-bond acceptors (Lipinski definition) is 5. The zero-order valence-corrected chi connectivity index (χ0v) is 10.8. The van der Waals surface area contributed by atoms with E-state index in [9.17, 15) is 13.2 Å². The van der Waals surface area contributed by atoms with Crippen molar-refractivity contribution in [2.75, 3.05) is 7.11 Å². The van der Waals surface area contributed by atoms with Gasteiger partial charge in [-0.2, -0.15) is 5.10 Å². The van der Waals surface area contributed by atoms with Crippen molar-refractivity contribution in [2.45, 2.75) is 18.7 Å². The smallest absolute Gasteiger partial charge is 0.422 e. The number of carbonyl (C=O) groups excluding carboxylic acids is 1. The molecule has 17 heavy (non-hydrogen) atoms. The molecule has 0 bridgehead atoms. The van der Waals surface area contributed by atoms with Gasteiger partial charge < -0.3 is 4.74 Å². The second-order valence-corrected chi connectivity index (χ2v) is 4.96. The Morgan fingerprint density at radius 1 is 1.41 bits per heavy atom. The molecular weight excluding hydrogens is 248 g/mol. The molecule has 0 aliphatic rings. The minimum atomic E-state index is -3.85. The van der Waals surface area contributed by atoms with Crippen LogP contribution in [0.5, 0.6) is 0 Å². The van der Waals surface area contributed by atoms with Crippen molar-refractivity contribution in [3.63, 3.8) is 0 Å². The van der Waals surface area contributed by atoms with Crippen LogP contribution in [0.15, 0.2) is 4.90 Å². The average molecular weight is 262 g/mol. The van der Waals surface area contributed by atoms with E-state index < -0.39 is 16.1 Å². The number of aromatic nitrogens is 2. The van der Waals surface area contributed by atoms with Gasteiger partial charge in [0.1, 0.15) is 4.90 Å². The first kappa shape index (κ1) is 13.5. The van der Waals surface area contributed by atoms with Crippen LogP contribution in [0.25, 0.3) is 0 Å². The molecule has 0 saturated carbocycles. The van der Waals surface area contributed by atoms with E-state index in [2.05, 4.69) is 9.84 Å². The van der Waals surface area contributed by atoms with Crippen molar-refractivity contribution in [3.05, 3.63) is 11.4 Å². The van der Waals surface area contributed by atoms with Crippen LogP contribution in [0.1, 0.15) is 11.4 Å². The third-order valence-corrected chi connectivity index (χ3v) is 3.68. The van der Waals surface area contributed by atoms with Crippen molar-refractivity contribution in [1.29, 1.82) is 0 Å². The lowest BCUT2D eigenvalue weighted by Gasteiger charge is -2.07. The van der Waals surface area contributed by atoms with E-state index in [4.69, 9.17) is 0 Å². The Kier molecular flexibility index (Phi) is 3.73. The Bertz CT molecular complexity index is 534. The van der Waals surface area contributed by atoms with Gasteiger partial charge in [0.25, 0.3) is 10.0 Å². The maximum Gasteiger partial charge on any atom is 0.422 e. The highest BCUT2D eigenvalue weighted by molar-refractivity contribution is 7.89. The fourth-order valence-electron chi connectivity index (χ4n) is 1.35. The fraction of sp³-hybridized carbons (Fsp3) is 0.500. The topological polar surface area (TPSA) is 102 Å². The average Bonchev–Trinajstić information content (AvgIpc) is 2.50. The first-order chi connectivity index (χ1) is 7.79. The summed E-state index contributed by atoms with van der Waals surface area (Å²) >= 11 is 0. The zero-order chi connectivity index (χ0) is 13.2. The Hall–Kier alpha value is -1.61. The molecule has 1 amide bonds. The number of hydrogen-bond donors (Lipinski definition) is 2. The van der Waals surface area contributed by atoms with E-state index in [0.29, 0.717) is 11.4 Å². The molecule has 0 saturated heterocycles. The maximum absolute atomic E-state index is 11.9. The van der Waals surface area contributed by atoms with Crippen molar-refractivity contribution in [3.8, 4) is 0 Å². The Morgan fingerprint density at radius 3 is 2.41 bits per heavy atom. The first-order valence-corrected chi connectivity index (χ1v) is 6.14. The minimum absolute atomic E-state index is 0.0383. The number of nitrogens with one attached hydrogen (secondary N) is 2. The summed E-state index contributed by atoms with van der Waals surface area (Å²) in [4.78, 5) is 12.7. The van der Waals surface area contributed by atoms with Crippen LogP contribution in [-0.4, -0.2) is 31.4 Å². The first-order valence-electron chi connectivity index (χ1n) is 4.65. The van der Waals surface area contributed by atoms with E-state index in [1.807, 2.05) is 10.3 Å². The molecule has 9 heteroatoms. The second kappa shape index (κ2) is 4.72. The summed E-state index contributed by atoms with van der Waals surface area (Å²) < 4.78 is 29.4. The Labute approximate surface area is 99.0 Å². The summed E-state index contributed by atoms with van der Waals surface area (Å²) in [6.07, 6.45) is -0.896. The number of ether oxygens (including phenoxy) is 1. The lowest BCUT2D eigenvalue weighted by atomic mass is 10.4. The highest BCUT2D eigenvalue weighted by Crippen LogP contribution is 2.17. The highest BCUT2D eigenvalue weighted by Gasteiger charge is 2.24. The monoisotopic (exact) mass is 262 g/mol. The number of hydrazine groups is 1. The molecule has 0 radical (unpaired) electrons. The number of carbonyl (C=O) groups is 1. The predicted octanol–water partition coefficient (Wildman–Crippen LogP) is -0.414. The van der Waals surface area contributed by atoms with Gasteiger partial charge in [0, 0.05) is 7.05 Å². The molecule has 1 rings (SSSR count). The summed E-state index contributed by atoms with van der Waals surface area (Å²) in [5, 5.41) is 3.98. The van der Waals surface area contributed by atoms with Crippen LogP contribution in [-0.2, 0) is 21.8 Å². The molecular formula is C8H14N4O4S. The van der Waals surface area contributed by atoms with Gasteiger partial charge in [-0.1, -0.05) is 0 Å². The third-order valence-electron chi connectivity index (χ3n) is 2.18. The predicted molar refractivity (Wildman–Crippen MR) is 58.5 cm³/mol. The van der Waals surface area contributed by atoms with Gasteiger partial charge in [-0.15, -0.1) is 4.83 Å². The van der Waals surface area contributed by atoms with E-state index in [-0.39, 0.29) is 4.90 Å². The van der Waals surface area contributed by atoms with Crippen molar-refractivity contribution in [2.24, 2.45) is 7.05 Å². The van der Waals surface area contributed by atoms with Gasteiger partial charge in [0.05, 0.1) is 18.5 Å². The van der Waals surface area contributed by atoms with Gasteiger partial charge in [0.15, 0.2) is 0 Å². The molecule has 0 aromatic carbocycles. The molecule has 0 spiro atoms. The van der Waals surface area contributed by atoms with Gasteiger partial charge in [-0.05, 0) is 13.8 Å². The number of nitrogens with zero attached hydrogens (tertiary/aromatic N) is 2. The van der Waals surface area contributed by atoms with Crippen molar-refractivity contribution >= 4 is 16.1 Å². The molecule has 1 aromatic heterocycles. The zero-order valence-electron chi connectivity index (χ0n) is 9.94. The van der Waals surface area contributed by atoms with Crippen molar-refractivity contribution in [1.82, 2.24) is 20.0 Å². The van der Waals surface area contributed by atoms with E-state index in [0.717, 1.165) is 7.11 Å². The molecule has 0 atom stereocenters. The highest BCUT2D eigenvalue weighted by atomic mass is 32.2. The van der Waals surface area contributed by atoms with Crippen LogP contribution in [0.3, 0.4) is 0 Å². The van der Waals surface area contributed by atoms with Crippen LogP contribution in [0, 0.1) is 13.8 Å². The molecule has 2 N–H and O–H groups in total. The summed E-state index contributed by atoms with van der Waals surface area (Å²) in [6, 6.07) is 0. The normalized spacial score (nSPS) is 11.3. The summed E-state index contributed by atoms with van der Waals surface area (Å²) in [5.41, 5.74) is 2.72. The van der Waals surface area contributed by atoms with E-state index >= 15 is 0 Å². The SMILES string of the molecule is COC(=O)NNS(=O)(=O)c1c(C)nn(C)c1C. The molecule has 96 valence electrons. The largest absolute Gasteiger partial charge is 0.452 e. The molecule has 0 aliphatic heterocycles. The van der Waals surface area contributed by atoms with Crippen LogP contribution in [0.2, 0.25) is 0 Å². The standard InChI is InChI=1S/C8H14N4O4S/c1-5-7(6(2)12(3)10-5)17(14,15)11-9-8(13)16-4/h11H,1-4H3,(H,9,13). The van der Waals surface area contributed by atoms with Gasteiger partial charge in [-0.3, -0.25) is 4.68 Å². The van der Waals surface area contributed by atoms with E-state index in [1.165, 1.54) is 4.68 Å². The van der Waals surface area contributed by atoms with Crippen LogP contribution >= 0.6 is 0 Å². The van der Waals surface area contributed by atoms with Crippen molar-refractivity contribution < 1.29 is 17.9 Å². The van der Waals surface area contributed by atoms with Gasteiger partial charge >= 0.3 is 6.09 Å². The summed E-state index contributed by atoms with van der Waals surface area (Å²) in [5.74, 6) is 0. The van der Waals surface area contributed by atoms with Gasteiger partial charge in [0.2, 0.25) is 0 Å². The second-order valence-electron chi connectivity index (χ2n) is 3.35. The minimum Gasteiger partial charge on any atom is -0.452 e. The Balaban J connectivity index is 3.02. The molecule has 1 aromatic rings.